The van der Waals surface area contributed by atoms with E-state index in [0.717, 1.165) is 20.9 Å². The number of benzene rings is 2. The van der Waals surface area contributed by atoms with Crippen LogP contribution in [0.4, 0.5) is 0 Å². The third-order valence-corrected chi connectivity index (χ3v) is 7.27. The number of carboxylic acid groups (broad SMARTS) is 1. The molecule has 1 atom stereocenters. The van der Waals surface area contributed by atoms with Gasteiger partial charge in [0.2, 0.25) is 0 Å². The van der Waals surface area contributed by atoms with Crippen LogP contribution in [0.5, 0.6) is 0 Å². The lowest BCUT2D eigenvalue weighted by Crippen LogP contribution is -2.38. The van der Waals surface area contributed by atoms with Crippen LogP contribution in [0.1, 0.15) is 32.8 Å². The molecule has 0 aliphatic rings. The summed E-state index contributed by atoms with van der Waals surface area (Å²) in [5, 5.41) is 17.3. The molecule has 0 fully saturated rings. The Morgan fingerprint density at radius 2 is 1.80 bits per heavy atom. The first-order valence-corrected chi connectivity index (χ1v) is 12.7. The molecule has 4 rings (SSSR count). The number of thioether (sulfide) groups is 1. The first kappa shape index (κ1) is 24.8. The van der Waals surface area contributed by atoms with E-state index in [1.54, 1.807) is 16.2 Å². The lowest BCUT2D eigenvalue weighted by molar-refractivity contribution is -0.141. The number of aromatic nitrogens is 4. The summed E-state index contributed by atoms with van der Waals surface area (Å²) >= 11 is 1.42. The van der Waals surface area contributed by atoms with Gasteiger partial charge >= 0.3 is 11.7 Å². The van der Waals surface area contributed by atoms with Gasteiger partial charge in [-0.1, -0.05) is 63.2 Å². The van der Waals surface area contributed by atoms with Crippen molar-refractivity contribution >= 4 is 39.5 Å². The van der Waals surface area contributed by atoms with Crippen LogP contribution < -0.4 is 11.2 Å². The molecule has 1 N–H and O–H groups in total. The predicted molar refractivity (Wildman–Crippen MR) is 139 cm³/mol. The van der Waals surface area contributed by atoms with Gasteiger partial charge in [-0.15, -0.1) is 11.8 Å². The first-order valence-electron chi connectivity index (χ1n) is 11.7. The summed E-state index contributed by atoms with van der Waals surface area (Å²) in [7, 11) is 1.49. The fourth-order valence-electron chi connectivity index (χ4n) is 4.17. The Hall–Kier alpha value is -3.33. The van der Waals surface area contributed by atoms with E-state index in [1.807, 2.05) is 38.1 Å². The summed E-state index contributed by atoms with van der Waals surface area (Å²) in [6.45, 7) is 6.56. The zero-order chi connectivity index (χ0) is 25.3. The fraction of sp³-hybridized carbons (Fsp3) is 0.385. The number of aliphatic carboxylic acids is 1. The quantitative estimate of drug-likeness (QED) is 0.354. The van der Waals surface area contributed by atoms with Crippen molar-refractivity contribution in [2.45, 2.75) is 45.3 Å². The van der Waals surface area contributed by atoms with Gasteiger partial charge in [-0.25, -0.2) is 4.79 Å². The van der Waals surface area contributed by atoms with Crippen LogP contribution in [0.25, 0.3) is 21.8 Å². The highest BCUT2D eigenvalue weighted by Gasteiger charge is 2.23. The Morgan fingerprint density at radius 3 is 2.51 bits per heavy atom. The monoisotopic (exact) mass is 494 g/mol. The average Bonchev–Trinajstić information content (AvgIpc) is 3.18. The predicted octanol–water partition coefficient (Wildman–Crippen LogP) is 3.96. The maximum absolute atomic E-state index is 13.3. The molecular weight excluding hydrogens is 464 g/mol. The van der Waals surface area contributed by atoms with Crippen molar-refractivity contribution in [3.63, 3.8) is 0 Å². The SMILES string of the molecule is CC(C)Cn1c(=O)n(C)c(=O)c2c(SCCC(C)C(=O)O)n(Cc3cccc4ccccc34)nc21. The van der Waals surface area contributed by atoms with E-state index in [9.17, 15) is 19.5 Å². The normalized spacial score (nSPS) is 12.6. The molecule has 0 bridgehead atoms. The van der Waals surface area contributed by atoms with Crippen molar-refractivity contribution in [3.05, 3.63) is 68.9 Å². The second kappa shape index (κ2) is 10.1. The molecule has 0 spiro atoms. The first-order chi connectivity index (χ1) is 16.7. The minimum absolute atomic E-state index is 0.184. The fourth-order valence-corrected chi connectivity index (χ4v) is 5.41. The van der Waals surface area contributed by atoms with E-state index in [-0.39, 0.29) is 17.2 Å². The van der Waals surface area contributed by atoms with Gasteiger partial charge in [0.25, 0.3) is 5.56 Å². The molecule has 9 heteroatoms. The lowest BCUT2D eigenvalue weighted by Gasteiger charge is -2.11. The van der Waals surface area contributed by atoms with E-state index < -0.39 is 11.9 Å². The number of fused-ring (bicyclic) bond motifs is 2. The van der Waals surface area contributed by atoms with Crippen LogP contribution in [-0.2, 0) is 24.9 Å². The van der Waals surface area contributed by atoms with Crippen molar-refractivity contribution in [1.82, 2.24) is 18.9 Å². The molecule has 8 nitrogen and oxygen atoms in total. The van der Waals surface area contributed by atoms with Crippen LogP contribution in [0, 0.1) is 11.8 Å². The van der Waals surface area contributed by atoms with Crippen molar-refractivity contribution in [2.75, 3.05) is 5.75 Å². The molecule has 4 aromatic rings. The largest absolute Gasteiger partial charge is 0.481 e. The number of rotatable bonds is 9. The Balaban J connectivity index is 1.89. The average molecular weight is 495 g/mol. The Labute approximate surface area is 207 Å². The van der Waals surface area contributed by atoms with Gasteiger partial charge in [0, 0.05) is 19.3 Å². The van der Waals surface area contributed by atoms with E-state index in [0.29, 0.717) is 41.3 Å². The van der Waals surface area contributed by atoms with E-state index >= 15 is 0 Å². The van der Waals surface area contributed by atoms with E-state index in [1.165, 1.54) is 18.8 Å². The van der Waals surface area contributed by atoms with Gasteiger partial charge < -0.3 is 5.11 Å². The molecule has 35 heavy (non-hydrogen) atoms. The molecule has 0 amide bonds. The van der Waals surface area contributed by atoms with Gasteiger partial charge in [-0.3, -0.25) is 23.4 Å². The second-order valence-electron chi connectivity index (χ2n) is 9.33. The highest BCUT2D eigenvalue weighted by Crippen LogP contribution is 2.29. The lowest BCUT2D eigenvalue weighted by atomic mass is 10.0. The van der Waals surface area contributed by atoms with Crippen molar-refractivity contribution < 1.29 is 9.90 Å². The second-order valence-corrected chi connectivity index (χ2v) is 10.4. The highest BCUT2D eigenvalue weighted by atomic mass is 32.2. The molecule has 0 aliphatic carbocycles. The number of carbonyl (C=O) groups is 1. The highest BCUT2D eigenvalue weighted by molar-refractivity contribution is 7.99. The van der Waals surface area contributed by atoms with Crippen LogP contribution >= 0.6 is 11.8 Å². The number of hydrogen-bond acceptors (Lipinski definition) is 5. The molecule has 0 saturated carbocycles. The van der Waals surface area contributed by atoms with Crippen molar-refractivity contribution in [2.24, 2.45) is 18.9 Å². The maximum atomic E-state index is 13.3. The van der Waals surface area contributed by atoms with Gasteiger partial charge in [0.15, 0.2) is 5.65 Å². The molecule has 0 radical (unpaired) electrons. The van der Waals surface area contributed by atoms with E-state index in [2.05, 4.69) is 18.2 Å². The minimum Gasteiger partial charge on any atom is -0.481 e. The molecule has 2 aromatic carbocycles. The third kappa shape index (κ3) is 4.91. The summed E-state index contributed by atoms with van der Waals surface area (Å²) in [5.74, 6) is -0.647. The number of hydrogen-bond donors (Lipinski definition) is 1. The molecule has 0 saturated heterocycles. The summed E-state index contributed by atoms with van der Waals surface area (Å²) in [5.41, 5.74) is 0.650. The number of nitrogens with zero attached hydrogens (tertiary/aromatic N) is 4. The Kier molecular flexibility index (Phi) is 7.16. The molecule has 184 valence electrons. The molecule has 2 aromatic heterocycles. The molecule has 0 aliphatic heterocycles. The van der Waals surface area contributed by atoms with Gasteiger partial charge in [-0.05, 0) is 28.7 Å². The minimum atomic E-state index is -0.846. The van der Waals surface area contributed by atoms with Gasteiger partial charge in [0.05, 0.1) is 12.5 Å². The smallest absolute Gasteiger partial charge is 0.332 e. The van der Waals surface area contributed by atoms with E-state index in [4.69, 9.17) is 5.10 Å². The zero-order valence-corrected chi connectivity index (χ0v) is 21.2. The van der Waals surface area contributed by atoms with Crippen LogP contribution in [0.2, 0.25) is 0 Å². The van der Waals surface area contributed by atoms with Crippen molar-refractivity contribution in [1.29, 1.82) is 0 Å². The van der Waals surface area contributed by atoms with Gasteiger partial charge in [0.1, 0.15) is 10.4 Å². The Bertz CT molecular complexity index is 1510. The summed E-state index contributed by atoms with van der Waals surface area (Å²) < 4.78 is 4.50. The van der Waals surface area contributed by atoms with Crippen LogP contribution in [-0.4, -0.2) is 35.7 Å². The summed E-state index contributed by atoms with van der Waals surface area (Å²) in [4.78, 5) is 37.6. The standard InChI is InChI=1S/C26H30N4O4S/c1-16(2)14-29-22-21(23(31)28(4)26(29)34)24(35-13-12-17(3)25(32)33)30(27-22)15-19-10-7-9-18-8-5-6-11-20(18)19/h5-11,16-17H,12-15H2,1-4H3,(H,32,33). The third-order valence-electron chi connectivity index (χ3n) is 6.14. The topological polar surface area (TPSA) is 99.1 Å². The van der Waals surface area contributed by atoms with Crippen molar-refractivity contribution in [3.8, 4) is 0 Å². The van der Waals surface area contributed by atoms with Crippen LogP contribution in [0.3, 0.4) is 0 Å². The summed E-state index contributed by atoms with van der Waals surface area (Å²) in [6.07, 6.45) is 0.451. The maximum Gasteiger partial charge on any atom is 0.332 e. The Morgan fingerprint density at radius 1 is 1.09 bits per heavy atom. The molecule has 2 heterocycles. The molecule has 1 unspecified atom stereocenters. The van der Waals surface area contributed by atoms with Gasteiger partial charge in [-0.2, -0.15) is 5.10 Å². The molecular formula is C26H30N4O4S. The number of carboxylic acids is 1. The zero-order valence-electron chi connectivity index (χ0n) is 20.4. The van der Waals surface area contributed by atoms with Crippen LogP contribution in [0.15, 0.2) is 57.1 Å². The summed E-state index contributed by atoms with van der Waals surface area (Å²) in [6, 6.07) is 14.2.